The van der Waals surface area contributed by atoms with Crippen LogP contribution in [0.3, 0.4) is 0 Å². The third-order valence-electron chi connectivity index (χ3n) is 1.79. The van der Waals surface area contributed by atoms with Crippen LogP contribution in [-0.4, -0.2) is 4.86 Å². The molecule has 0 atom stereocenters. The van der Waals surface area contributed by atoms with Crippen molar-refractivity contribution in [2.45, 2.75) is 0 Å². The fourth-order valence-electron chi connectivity index (χ4n) is 1.17. The summed E-state index contributed by atoms with van der Waals surface area (Å²) in [5, 5.41) is 15.0. The van der Waals surface area contributed by atoms with Crippen LogP contribution >= 0.6 is 0 Å². The van der Waals surface area contributed by atoms with Crippen LogP contribution in [-0.2, 0) is 0 Å². The van der Waals surface area contributed by atoms with Gasteiger partial charge in [-0.05, 0) is 18.2 Å². The second-order valence-corrected chi connectivity index (χ2v) is 2.65. The summed E-state index contributed by atoms with van der Waals surface area (Å²) in [6.07, 6.45) is 6.93. The van der Waals surface area contributed by atoms with E-state index in [1.165, 1.54) is 6.20 Å². The quantitative estimate of drug-likeness (QED) is 0.438. The number of hydrogen-bond acceptors (Lipinski definition) is 2. The summed E-state index contributed by atoms with van der Waals surface area (Å²) in [6, 6.07) is 7.33. The third kappa shape index (κ3) is 1.49. The number of hydrogen-bond donors (Lipinski definition) is 0. The summed E-state index contributed by atoms with van der Waals surface area (Å²) in [6.45, 7) is 0. The van der Waals surface area contributed by atoms with Crippen molar-refractivity contribution < 1.29 is 4.86 Å². The predicted octanol–water partition coefficient (Wildman–Crippen LogP) is 2.82. The second-order valence-electron chi connectivity index (χ2n) is 2.65. The maximum absolute atomic E-state index is 11.3. The number of fused-ring (bicyclic) bond motifs is 1. The van der Waals surface area contributed by atoms with Gasteiger partial charge in [-0.25, -0.2) is 0 Å². The first-order valence-corrected chi connectivity index (χ1v) is 3.98. The number of rotatable bonds is 0. The summed E-state index contributed by atoms with van der Waals surface area (Å²) in [5.41, 5.74) is 1.45. The van der Waals surface area contributed by atoms with Gasteiger partial charge in [-0.1, -0.05) is 23.1 Å². The van der Waals surface area contributed by atoms with Gasteiger partial charge < -0.3 is 5.21 Å². The first-order chi connectivity index (χ1) is 6.38. The Morgan fingerprint density at radius 3 is 2.92 bits per heavy atom. The van der Waals surface area contributed by atoms with Gasteiger partial charge in [0.25, 0.3) is 5.69 Å². The summed E-state index contributed by atoms with van der Waals surface area (Å²) < 4.78 is 0. The van der Waals surface area contributed by atoms with Crippen LogP contribution < -0.4 is 0 Å². The monoisotopic (exact) mass is 172 g/mol. The molecule has 3 nitrogen and oxygen atoms in total. The standard InChI is InChI=1S/C10H8N2O/c13-12-10-7-2-1-5-9(10)6-3-4-8-11-12/h1-8H. The highest BCUT2D eigenvalue weighted by molar-refractivity contribution is 5.61. The highest BCUT2D eigenvalue weighted by Crippen LogP contribution is 2.20. The van der Waals surface area contributed by atoms with Crippen LogP contribution in [0, 0.1) is 5.21 Å². The van der Waals surface area contributed by atoms with E-state index >= 15 is 0 Å². The number of azo groups is 1. The van der Waals surface area contributed by atoms with Gasteiger partial charge >= 0.3 is 0 Å². The largest absolute Gasteiger partial charge is 0.594 e. The van der Waals surface area contributed by atoms with Crippen LogP contribution in [0.5, 0.6) is 0 Å². The lowest BCUT2D eigenvalue weighted by Gasteiger charge is -2.02. The van der Waals surface area contributed by atoms with Gasteiger partial charge in [-0.15, -0.1) is 0 Å². The van der Waals surface area contributed by atoms with E-state index in [1.54, 1.807) is 12.1 Å². The molecule has 1 heterocycles. The average Bonchev–Trinajstić information content (AvgIpc) is 2.14. The Labute approximate surface area is 75.9 Å². The van der Waals surface area contributed by atoms with Crippen molar-refractivity contribution in [2.24, 2.45) is 5.11 Å². The maximum atomic E-state index is 11.3. The lowest BCUT2D eigenvalue weighted by molar-refractivity contribution is -0.436. The molecule has 1 aliphatic heterocycles. The van der Waals surface area contributed by atoms with Crippen LogP contribution in [0.25, 0.3) is 6.08 Å². The lowest BCUT2D eigenvalue weighted by Crippen LogP contribution is -1.93. The highest BCUT2D eigenvalue weighted by Gasteiger charge is 2.07. The van der Waals surface area contributed by atoms with Gasteiger partial charge in [0.2, 0.25) is 0 Å². The average molecular weight is 172 g/mol. The molecule has 0 bridgehead atoms. The molecule has 0 saturated carbocycles. The Kier molecular flexibility index (Phi) is 1.92. The van der Waals surface area contributed by atoms with E-state index in [-0.39, 0.29) is 0 Å². The molecule has 13 heavy (non-hydrogen) atoms. The van der Waals surface area contributed by atoms with Crippen LogP contribution in [0.4, 0.5) is 5.69 Å². The van der Waals surface area contributed by atoms with Crippen molar-refractivity contribution in [2.75, 3.05) is 0 Å². The normalized spacial score (nSPS) is 14.3. The van der Waals surface area contributed by atoms with E-state index in [0.29, 0.717) is 10.5 Å². The molecule has 0 saturated heterocycles. The first kappa shape index (κ1) is 7.73. The van der Waals surface area contributed by atoms with Gasteiger partial charge in [0.15, 0.2) is 0 Å². The van der Waals surface area contributed by atoms with Crippen molar-refractivity contribution in [3.63, 3.8) is 0 Å². The molecule has 0 spiro atoms. The molecule has 1 aromatic rings. The SMILES string of the molecule is [O-][N+]1=NC=CC=Cc2ccccc21. The van der Waals surface area contributed by atoms with Crippen LogP contribution in [0.1, 0.15) is 5.56 Å². The lowest BCUT2D eigenvalue weighted by atomic mass is 10.1. The third-order valence-corrected chi connectivity index (χ3v) is 1.79. The summed E-state index contributed by atoms with van der Waals surface area (Å²) in [7, 11) is 0. The maximum Gasteiger partial charge on any atom is 0.252 e. The minimum absolute atomic E-state index is 0.572. The van der Waals surface area contributed by atoms with Crippen LogP contribution in [0.15, 0.2) is 47.7 Å². The molecule has 0 aromatic heterocycles. The molecule has 0 fully saturated rings. The number of nitrogens with zero attached hydrogens (tertiary/aromatic N) is 2. The molecule has 0 N–H and O–H groups in total. The number of para-hydroxylation sites is 1. The number of benzene rings is 1. The fourth-order valence-corrected chi connectivity index (χ4v) is 1.17. The molecule has 64 valence electrons. The van der Waals surface area contributed by atoms with Crippen molar-refractivity contribution in [1.29, 1.82) is 0 Å². The molecule has 3 heteroatoms. The van der Waals surface area contributed by atoms with Crippen LogP contribution in [0.2, 0.25) is 0 Å². The zero-order valence-electron chi connectivity index (χ0n) is 6.92. The zero-order valence-corrected chi connectivity index (χ0v) is 6.92. The summed E-state index contributed by atoms with van der Waals surface area (Å²) >= 11 is 0. The Bertz CT molecular complexity index is 405. The first-order valence-electron chi connectivity index (χ1n) is 3.98. The molecule has 0 amide bonds. The van der Waals surface area contributed by atoms with Gasteiger partial charge in [-0.3, -0.25) is 0 Å². The molecule has 0 radical (unpaired) electrons. The molecular weight excluding hydrogens is 164 g/mol. The van der Waals surface area contributed by atoms with Gasteiger partial charge in [0.1, 0.15) is 0 Å². The van der Waals surface area contributed by atoms with E-state index in [1.807, 2.05) is 30.4 Å². The highest BCUT2D eigenvalue weighted by atomic mass is 16.5. The van der Waals surface area contributed by atoms with E-state index < -0.39 is 0 Å². The Morgan fingerprint density at radius 1 is 1.15 bits per heavy atom. The van der Waals surface area contributed by atoms with Crippen molar-refractivity contribution in [3.05, 3.63) is 53.4 Å². The van der Waals surface area contributed by atoms with Gasteiger partial charge in [0.05, 0.1) is 11.8 Å². The Hall–Kier alpha value is -1.90. The van der Waals surface area contributed by atoms with E-state index in [0.717, 1.165) is 5.56 Å². The molecule has 0 unspecified atom stereocenters. The topological polar surface area (TPSA) is 38.4 Å². The molecular formula is C10H8N2O. The molecule has 0 aliphatic carbocycles. The molecule has 1 aromatic carbocycles. The molecule has 1 aliphatic rings. The Balaban J connectivity index is 2.61. The Morgan fingerprint density at radius 2 is 2.00 bits per heavy atom. The van der Waals surface area contributed by atoms with E-state index in [4.69, 9.17) is 0 Å². The fraction of sp³-hybridized carbons (Fsp3) is 0. The summed E-state index contributed by atoms with van der Waals surface area (Å²) in [4.78, 5) is 0.620. The van der Waals surface area contributed by atoms with Crippen molar-refractivity contribution in [3.8, 4) is 0 Å². The van der Waals surface area contributed by atoms with Crippen molar-refractivity contribution in [1.82, 2.24) is 0 Å². The summed E-state index contributed by atoms with van der Waals surface area (Å²) in [5.74, 6) is 0. The smallest absolute Gasteiger partial charge is 0.252 e. The molecule has 2 rings (SSSR count). The predicted molar refractivity (Wildman–Crippen MR) is 50.3 cm³/mol. The minimum atomic E-state index is 0.572. The zero-order chi connectivity index (χ0) is 9.10. The van der Waals surface area contributed by atoms with Crippen molar-refractivity contribution >= 4 is 11.8 Å². The minimum Gasteiger partial charge on any atom is -0.594 e. The second kappa shape index (κ2) is 3.23. The van der Waals surface area contributed by atoms with E-state index in [9.17, 15) is 5.21 Å². The van der Waals surface area contributed by atoms with Gasteiger partial charge in [0, 0.05) is 11.2 Å². The number of allylic oxidation sites excluding steroid dienone is 2. The van der Waals surface area contributed by atoms with Gasteiger partial charge in [-0.2, -0.15) is 0 Å². The van der Waals surface area contributed by atoms with E-state index in [2.05, 4.69) is 5.11 Å².